The number of benzene rings is 2. The first-order chi connectivity index (χ1) is 14.2. The standard InChI is InChI=1S/C22H23NO6S/c23-22(21(26)27,14-11-13(12-14)20(24)25)10-9-15-16-5-1-3-7-18(16)30(28,29)19-8-4-2-6-17(15)19/h1-8,13-15H,9-12,23H2,(H,24,25)(H,26,27)/t13-,14+,22?. The number of carboxylic acids is 2. The maximum absolute atomic E-state index is 13.0. The van der Waals surface area contributed by atoms with Crippen LogP contribution in [-0.2, 0) is 19.4 Å². The third kappa shape index (κ3) is 3.11. The van der Waals surface area contributed by atoms with Gasteiger partial charge in [-0.3, -0.25) is 9.59 Å². The highest BCUT2D eigenvalue weighted by Crippen LogP contribution is 2.47. The smallest absolute Gasteiger partial charge is 0.323 e. The number of carboxylic acid groups (broad SMARTS) is 2. The molecular weight excluding hydrogens is 406 g/mol. The summed E-state index contributed by atoms with van der Waals surface area (Å²) in [6.07, 6.45) is 0.946. The van der Waals surface area contributed by atoms with Gasteiger partial charge in [0.05, 0.1) is 15.7 Å². The summed E-state index contributed by atoms with van der Waals surface area (Å²) in [5, 5.41) is 18.9. The maximum Gasteiger partial charge on any atom is 0.323 e. The van der Waals surface area contributed by atoms with Crippen molar-refractivity contribution in [2.75, 3.05) is 0 Å². The van der Waals surface area contributed by atoms with Crippen molar-refractivity contribution < 1.29 is 28.2 Å². The lowest BCUT2D eigenvalue weighted by molar-refractivity contribution is -0.155. The van der Waals surface area contributed by atoms with Gasteiger partial charge in [0.2, 0.25) is 9.84 Å². The van der Waals surface area contributed by atoms with Crippen LogP contribution in [0.4, 0.5) is 0 Å². The third-order valence-corrected chi connectivity index (χ3v) is 8.53. The molecule has 8 heteroatoms. The van der Waals surface area contributed by atoms with Crippen LogP contribution in [0.5, 0.6) is 0 Å². The zero-order chi connectivity index (χ0) is 21.7. The molecule has 0 aromatic heterocycles. The van der Waals surface area contributed by atoms with E-state index in [0.717, 1.165) is 0 Å². The van der Waals surface area contributed by atoms with Crippen molar-refractivity contribution in [2.24, 2.45) is 17.6 Å². The average Bonchev–Trinajstić information content (AvgIpc) is 2.66. The fourth-order valence-electron chi connectivity index (χ4n) is 4.73. The van der Waals surface area contributed by atoms with Gasteiger partial charge in [-0.25, -0.2) is 8.42 Å². The molecule has 0 spiro atoms. The van der Waals surface area contributed by atoms with Gasteiger partial charge < -0.3 is 15.9 Å². The molecule has 158 valence electrons. The van der Waals surface area contributed by atoms with Crippen LogP contribution >= 0.6 is 0 Å². The molecule has 1 saturated carbocycles. The van der Waals surface area contributed by atoms with Crippen LogP contribution in [-0.4, -0.2) is 36.1 Å². The lowest BCUT2D eigenvalue weighted by atomic mass is 9.63. The van der Waals surface area contributed by atoms with E-state index in [-0.39, 0.29) is 35.0 Å². The number of fused-ring (bicyclic) bond motifs is 2. The van der Waals surface area contributed by atoms with Crippen LogP contribution in [0.3, 0.4) is 0 Å². The minimum atomic E-state index is -3.64. The second-order valence-electron chi connectivity index (χ2n) is 8.22. The first-order valence-electron chi connectivity index (χ1n) is 9.84. The van der Waals surface area contributed by atoms with Crippen molar-refractivity contribution >= 4 is 21.8 Å². The summed E-state index contributed by atoms with van der Waals surface area (Å²) >= 11 is 0. The Bertz CT molecular complexity index is 1070. The van der Waals surface area contributed by atoms with Crippen molar-refractivity contribution in [1.82, 2.24) is 0 Å². The Labute approximate surface area is 174 Å². The van der Waals surface area contributed by atoms with Crippen LogP contribution in [0.15, 0.2) is 58.3 Å². The number of sulfone groups is 1. The molecule has 2 aliphatic rings. The second kappa shape index (κ2) is 7.21. The van der Waals surface area contributed by atoms with Gasteiger partial charge in [-0.05, 0) is 54.9 Å². The minimum Gasteiger partial charge on any atom is -0.481 e. The van der Waals surface area contributed by atoms with Gasteiger partial charge in [-0.2, -0.15) is 0 Å². The molecule has 0 bridgehead atoms. The summed E-state index contributed by atoms with van der Waals surface area (Å²) in [4.78, 5) is 23.6. The molecule has 0 saturated heterocycles. The van der Waals surface area contributed by atoms with Crippen molar-refractivity contribution in [3.05, 3.63) is 59.7 Å². The molecule has 0 radical (unpaired) electrons. The summed E-state index contributed by atoms with van der Waals surface area (Å²) in [6.45, 7) is 0. The molecule has 2 aromatic rings. The normalized spacial score (nSPS) is 24.0. The minimum absolute atomic E-state index is 0.118. The predicted octanol–water partition coefficient (Wildman–Crippen LogP) is 2.64. The Morgan fingerprint density at radius 2 is 1.47 bits per heavy atom. The number of aliphatic carboxylic acids is 2. The molecule has 1 heterocycles. The van der Waals surface area contributed by atoms with Crippen LogP contribution in [0.2, 0.25) is 0 Å². The van der Waals surface area contributed by atoms with Crippen LogP contribution < -0.4 is 5.73 Å². The van der Waals surface area contributed by atoms with Crippen molar-refractivity contribution in [3.63, 3.8) is 0 Å². The highest BCUT2D eigenvalue weighted by atomic mass is 32.2. The average molecular weight is 429 g/mol. The Balaban J connectivity index is 1.67. The topological polar surface area (TPSA) is 135 Å². The van der Waals surface area contributed by atoms with Gasteiger partial charge in [0.25, 0.3) is 0 Å². The molecule has 1 aliphatic heterocycles. The molecular formula is C22H23NO6S. The van der Waals surface area contributed by atoms with E-state index in [4.69, 9.17) is 10.8 Å². The van der Waals surface area contributed by atoms with Crippen molar-refractivity contribution in [2.45, 2.75) is 46.9 Å². The quantitative estimate of drug-likeness (QED) is 0.642. The van der Waals surface area contributed by atoms with E-state index in [1.54, 1.807) is 48.5 Å². The van der Waals surface area contributed by atoms with Crippen molar-refractivity contribution in [3.8, 4) is 0 Å². The first kappa shape index (κ1) is 20.6. The van der Waals surface area contributed by atoms with Crippen LogP contribution in [0.1, 0.15) is 42.7 Å². The zero-order valence-electron chi connectivity index (χ0n) is 16.2. The summed E-state index contributed by atoms with van der Waals surface area (Å²) in [5.74, 6) is -3.37. The molecule has 1 atom stereocenters. The monoisotopic (exact) mass is 429 g/mol. The van der Waals surface area contributed by atoms with E-state index in [0.29, 0.717) is 17.5 Å². The third-order valence-electron chi connectivity index (χ3n) is 6.63. The number of carbonyl (C=O) groups is 2. The number of nitrogens with two attached hydrogens (primary N) is 1. The summed E-state index contributed by atoms with van der Waals surface area (Å²) in [5.41, 5.74) is 6.04. The van der Waals surface area contributed by atoms with Gasteiger partial charge in [0.1, 0.15) is 5.54 Å². The largest absolute Gasteiger partial charge is 0.481 e. The van der Waals surface area contributed by atoms with E-state index in [1.165, 1.54) is 0 Å². The molecule has 0 amide bonds. The van der Waals surface area contributed by atoms with Crippen molar-refractivity contribution in [1.29, 1.82) is 0 Å². The van der Waals surface area contributed by atoms with Gasteiger partial charge in [-0.15, -0.1) is 0 Å². The summed E-state index contributed by atoms with van der Waals surface area (Å²) < 4.78 is 26.1. The summed E-state index contributed by atoms with van der Waals surface area (Å²) in [6, 6.07) is 13.6. The fraction of sp³-hybridized carbons (Fsp3) is 0.364. The van der Waals surface area contributed by atoms with E-state index < -0.39 is 39.2 Å². The highest BCUT2D eigenvalue weighted by molar-refractivity contribution is 7.91. The zero-order valence-corrected chi connectivity index (χ0v) is 17.0. The van der Waals surface area contributed by atoms with E-state index in [1.807, 2.05) is 0 Å². The lowest BCUT2D eigenvalue weighted by Gasteiger charge is -2.43. The van der Waals surface area contributed by atoms with Crippen LogP contribution in [0, 0.1) is 11.8 Å². The highest BCUT2D eigenvalue weighted by Gasteiger charge is 2.51. The van der Waals surface area contributed by atoms with E-state index >= 15 is 0 Å². The van der Waals surface area contributed by atoms with E-state index in [9.17, 15) is 23.1 Å². The Morgan fingerprint density at radius 3 is 1.93 bits per heavy atom. The van der Waals surface area contributed by atoms with Gasteiger partial charge >= 0.3 is 11.9 Å². The number of hydrogen-bond donors (Lipinski definition) is 3. The second-order valence-corrected chi connectivity index (χ2v) is 10.1. The molecule has 2 aromatic carbocycles. The maximum atomic E-state index is 13.0. The molecule has 1 fully saturated rings. The Morgan fingerprint density at radius 1 is 0.967 bits per heavy atom. The van der Waals surface area contributed by atoms with Gasteiger partial charge in [0.15, 0.2) is 0 Å². The van der Waals surface area contributed by atoms with Crippen LogP contribution in [0.25, 0.3) is 0 Å². The molecule has 4 N–H and O–H groups in total. The SMILES string of the molecule is NC(CCC1c2ccccc2S(=O)(=O)c2ccccc21)(C(=O)O)[C@H]1C[C@@H](C(=O)O)C1. The fourth-order valence-corrected chi connectivity index (χ4v) is 6.53. The van der Waals surface area contributed by atoms with E-state index in [2.05, 4.69) is 0 Å². The Kier molecular flexibility index (Phi) is 4.94. The first-order valence-corrected chi connectivity index (χ1v) is 11.3. The molecule has 30 heavy (non-hydrogen) atoms. The summed E-state index contributed by atoms with van der Waals surface area (Å²) in [7, 11) is -3.64. The number of rotatable bonds is 6. The number of hydrogen-bond acceptors (Lipinski definition) is 5. The van der Waals surface area contributed by atoms with Gasteiger partial charge in [0, 0.05) is 5.92 Å². The molecule has 4 rings (SSSR count). The van der Waals surface area contributed by atoms with Gasteiger partial charge in [-0.1, -0.05) is 36.4 Å². The molecule has 1 unspecified atom stereocenters. The Hall–Kier alpha value is -2.71. The lowest BCUT2D eigenvalue weighted by Crippen LogP contribution is -2.58. The molecule has 7 nitrogen and oxygen atoms in total. The predicted molar refractivity (Wildman–Crippen MR) is 108 cm³/mol. The molecule has 1 aliphatic carbocycles.